The number of benzene rings is 1. The van der Waals surface area contributed by atoms with Gasteiger partial charge >= 0.3 is 5.97 Å². The maximum atomic E-state index is 11.4. The smallest absolute Gasteiger partial charge is 0.308 e. The summed E-state index contributed by atoms with van der Waals surface area (Å²) in [6, 6.07) is 8.18. The summed E-state index contributed by atoms with van der Waals surface area (Å²) in [5, 5.41) is 3.12. The number of carbonyl (C=O) groups excluding carboxylic acids is 1. The third-order valence-corrected chi connectivity index (χ3v) is 4.12. The van der Waals surface area contributed by atoms with E-state index in [4.69, 9.17) is 11.3 Å². The molecule has 6 heteroatoms. The van der Waals surface area contributed by atoms with Gasteiger partial charge in [-0.25, -0.2) is 14.3 Å². The van der Waals surface area contributed by atoms with Crippen LogP contribution in [0.15, 0.2) is 24.3 Å². The van der Waals surface area contributed by atoms with Gasteiger partial charge in [0.2, 0.25) is 5.88 Å². The highest BCUT2D eigenvalue weighted by molar-refractivity contribution is 5.79. The second-order valence-corrected chi connectivity index (χ2v) is 7.04. The van der Waals surface area contributed by atoms with E-state index in [0.717, 1.165) is 5.56 Å². The Balaban J connectivity index is 2.10. The SMILES string of the molecule is [C-]#[N+]c1c(C)c2nc(-c3ccc(C(C)(C)C)cc3)[nH]n2c1OC(C)=O. The van der Waals surface area contributed by atoms with Crippen LogP contribution in [0.1, 0.15) is 38.8 Å². The molecule has 3 aromatic rings. The van der Waals surface area contributed by atoms with Crippen molar-refractivity contribution >= 4 is 17.3 Å². The molecule has 2 heterocycles. The maximum absolute atomic E-state index is 11.4. The monoisotopic (exact) mass is 336 g/mol. The van der Waals surface area contributed by atoms with Crippen molar-refractivity contribution in [3.63, 3.8) is 0 Å². The van der Waals surface area contributed by atoms with Crippen molar-refractivity contribution in [2.24, 2.45) is 0 Å². The second kappa shape index (κ2) is 5.78. The zero-order chi connectivity index (χ0) is 18.4. The highest BCUT2D eigenvalue weighted by atomic mass is 16.5. The Kier molecular flexibility index (Phi) is 3.88. The minimum atomic E-state index is -0.477. The quantitative estimate of drug-likeness (QED) is 0.557. The molecule has 1 N–H and O–H groups in total. The highest BCUT2D eigenvalue weighted by Gasteiger charge is 2.22. The van der Waals surface area contributed by atoms with Crippen LogP contribution in [0, 0.1) is 13.5 Å². The number of hydrogen-bond donors (Lipinski definition) is 1. The summed E-state index contributed by atoms with van der Waals surface area (Å²) < 4.78 is 6.78. The van der Waals surface area contributed by atoms with Crippen molar-refractivity contribution in [2.75, 3.05) is 0 Å². The van der Waals surface area contributed by atoms with Crippen LogP contribution in [-0.2, 0) is 10.2 Å². The van der Waals surface area contributed by atoms with E-state index < -0.39 is 5.97 Å². The van der Waals surface area contributed by atoms with Crippen molar-refractivity contribution in [3.05, 3.63) is 46.8 Å². The van der Waals surface area contributed by atoms with Gasteiger partial charge < -0.3 is 4.74 Å². The summed E-state index contributed by atoms with van der Waals surface area (Å²) >= 11 is 0. The topological polar surface area (TPSA) is 63.8 Å². The molecule has 6 nitrogen and oxygen atoms in total. The third kappa shape index (κ3) is 2.89. The predicted molar refractivity (Wildman–Crippen MR) is 96.0 cm³/mol. The fourth-order valence-corrected chi connectivity index (χ4v) is 2.73. The largest absolute Gasteiger partial charge is 0.418 e. The van der Waals surface area contributed by atoms with Gasteiger partial charge in [-0.05, 0) is 17.9 Å². The first kappa shape index (κ1) is 16.8. The molecule has 0 amide bonds. The Hall–Kier alpha value is -3.07. The number of hydrogen-bond acceptors (Lipinski definition) is 3. The zero-order valence-electron chi connectivity index (χ0n) is 15.0. The lowest BCUT2D eigenvalue weighted by molar-refractivity contribution is -0.132. The average molecular weight is 336 g/mol. The van der Waals surface area contributed by atoms with Gasteiger partial charge in [0, 0.05) is 18.1 Å². The summed E-state index contributed by atoms with van der Waals surface area (Å²) in [4.78, 5) is 19.4. The number of nitrogens with zero attached hydrogens (tertiary/aromatic N) is 3. The van der Waals surface area contributed by atoms with Crippen LogP contribution in [0.25, 0.3) is 21.9 Å². The molecular formula is C19H20N4O2. The summed E-state index contributed by atoms with van der Waals surface area (Å²) in [5.41, 5.74) is 3.80. The molecule has 0 saturated heterocycles. The van der Waals surface area contributed by atoms with Gasteiger partial charge in [-0.15, -0.1) is 0 Å². The van der Waals surface area contributed by atoms with Gasteiger partial charge in [-0.1, -0.05) is 45.0 Å². The standard InChI is InChI=1S/C19H20N4O2/c1-11-15(20-6)18(25-12(2)24)23-17(11)21-16(22-23)13-7-9-14(10-8-13)19(3,4)5/h7-10H,1-5H3,(H,21,22). The van der Waals surface area contributed by atoms with Gasteiger partial charge in [0.1, 0.15) is 5.65 Å². The van der Waals surface area contributed by atoms with Crippen LogP contribution in [-0.4, -0.2) is 20.6 Å². The van der Waals surface area contributed by atoms with E-state index in [9.17, 15) is 4.79 Å². The van der Waals surface area contributed by atoms with Gasteiger partial charge in [-0.2, -0.15) is 0 Å². The van der Waals surface area contributed by atoms with Gasteiger partial charge in [0.25, 0.3) is 5.69 Å². The van der Waals surface area contributed by atoms with Crippen LogP contribution in [0.4, 0.5) is 5.69 Å². The second-order valence-electron chi connectivity index (χ2n) is 7.04. The van der Waals surface area contributed by atoms with Crippen molar-refractivity contribution in [1.29, 1.82) is 0 Å². The molecule has 0 bridgehead atoms. The summed E-state index contributed by atoms with van der Waals surface area (Å²) in [6.45, 7) is 16.9. The van der Waals surface area contributed by atoms with Gasteiger partial charge in [0.05, 0.1) is 6.57 Å². The Morgan fingerprint density at radius 2 is 1.92 bits per heavy atom. The fraction of sp³-hybridized carbons (Fsp3) is 0.316. The van der Waals surface area contributed by atoms with E-state index in [1.54, 1.807) is 11.4 Å². The molecular weight excluding hydrogens is 316 g/mol. The lowest BCUT2D eigenvalue weighted by Gasteiger charge is -2.18. The molecule has 3 rings (SSSR count). The molecule has 128 valence electrons. The van der Waals surface area contributed by atoms with Crippen LogP contribution in [0.2, 0.25) is 0 Å². The third-order valence-electron chi connectivity index (χ3n) is 4.12. The number of aryl methyl sites for hydroxylation is 1. The molecule has 0 saturated carbocycles. The number of fused-ring (bicyclic) bond motifs is 1. The number of carbonyl (C=O) groups is 1. The highest BCUT2D eigenvalue weighted by Crippen LogP contribution is 2.37. The number of rotatable bonds is 2. The zero-order valence-corrected chi connectivity index (χ0v) is 15.0. The van der Waals surface area contributed by atoms with E-state index in [1.807, 2.05) is 12.1 Å². The molecule has 0 fully saturated rings. The normalized spacial score (nSPS) is 11.5. The minimum absolute atomic E-state index is 0.0817. The van der Waals surface area contributed by atoms with Crippen molar-refractivity contribution < 1.29 is 9.53 Å². The van der Waals surface area contributed by atoms with E-state index in [0.29, 0.717) is 22.7 Å². The Bertz CT molecular complexity index is 995. The predicted octanol–water partition coefficient (Wildman–Crippen LogP) is 4.41. The van der Waals surface area contributed by atoms with Crippen LogP contribution >= 0.6 is 0 Å². The Morgan fingerprint density at radius 3 is 2.44 bits per heavy atom. The number of esters is 1. The van der Waals surface area contributed by atoms with E-state index in [-0.39, 0.29) is 11.3 Å². The van der Waals surface area contributed by atoms with Crippen LogP contribution in [0.5, 0.6) is 5.88 Å². The first-order chi connectivity index (χ1) is 11.7. The minimum Gasteiger partial charge on any atom is -0.418 e. The number of H-pyrrole nitrogens is 1. The molecule has 0 aliphatic carbocycles. The van der Waals surface area contributed by atoms with Crippen molar-refractivity contribution in [1.82, 2.24) is 14.6 Å². The molecule has 0 atom stereocenters. The van der Waals surface area contributed by atoms with Gasteiger partial charge in [0.15, 0.2) is 5.82 Å². The lowest BCUT2D eigenvalue weighted by Crippen LogP contribution is -2.10. The van der Waals surface area contributed by atoms with Gasteiger partial charge in [-0.3, -0.25) is 9.89 Å². The van der Waals surface area contributed by atoms with Crippen molar-refractivity contribution in [3.8, 4) is 17.3 Å². The van der Waals surface area contributed by atoms with E-state index in [2.05, 4.69) is 47.8 Å². The maximum Gasteiger partial charge on any atom is 0.308 e. The first-order valence-electron chi connectivity index (χ1n) is 8.00. The number of nitrogens with one attached hydrogen (secondary N) is 1. The number of ether oxygens (including phenoxy) is 1. The van der Waals surface area contributed by atoms with E-state index in [1.165, 1.54) is 12.5 Å². The molecule has 0 aliphatic rings. The first-order valence-corrected chi connectivity index (χ1v) is 8.00. The Labute approximate surface area is 146 Å². The number of aromatic nitrogens is 3. The molecule has 0 aliphatic heterocycles. The van der Waals surface area contributed by atoms with Crippen molar-refractivity contribution in [2.45, 2.75) is 40.0 Å². The lowest BCUT2D eigenvalue weighted by atomic mass is 9.87. The van der Waals surface area contributed by atoms with Crippen LogP contribution < -0.4 is 4.74 Å². The number of aromatic amines is 1. The summed E-state index contributed by atoms with van der Waals surface area (Å²) in [6.07, 6.45) is 0. The molecule has 25 heavy (non-hydrogen) atoms. The molecule has 1 aromatic carbocycles. The van der Waals surface area contributed by atoms with E-state index >= 15 is 0 Å². The summed E-state index contributed by atoms with van der Waals surface area (Å²) in [7, 11) is 0. The fourth-order valence-electron chi connectivity index (χ4n) is 2.73. The summed E-state index contributed by atoms with van der Waals surface area (Å²) in [5.74, 6) is 0.360. The Morgan fingerprint density at radius 1 is 1.28 bits per heavy atom. The average Bonchev–Trinajstić information content (AvgIpc) is 3.06. The molecule has 0 spiro atoms. The molecule has 2 aromatic heterocycles. The molecule has 0 radical (unpaired) electrons. The molecule has 0 unspecified atom stereocenters. The van der Waals surface area contributed by atoms with Crippen LogP contribution in [0.3, 0.4) is 0 Å².